The molecule has 0 saturated heterocycles. The van der Waals surface area contributed by atoms with E-state index in [-0.39, 0.29) is 11.1 Å². The zero-order valence-electron chi connectivity index (χ0n) is 12.0. The monoisotopic (exact) mass is 340 g/mol. The van der Waals surface area contributed by atoms with Crippen LogP contribution < -0.4 is 0 Å². The molecule has 0 aromatic rings. The van der Waals surface area contributed by atoms with Gasteiger partial charge in [-0.2, -0.15) is 39.5 Å². The summed E-state index contributed by atoms with van der Waals surface area (Å²) in [5, 5.41) is 0. The summed E-state index contributed by atoms with van der Waals surface area (Å²) in [5.74, 6) is -20.5. The zero-order chi connectivity index (χ0) is 17.9. The minimum Gasteiger partial charge on any atom is -0.194 e. The van der Waals surface area contributed by atoms with Crippen LogP contribution in [0, 0.1) is 5.92 Å². The van der Waals surface area contributed by atoms with E-state index in [1.54, 1.807) is 0 Å². The summed E-state index contributed by atoms with van der Waals surface area (Å²) in [5.41, 5.74) is -1.41. The molecule has 0 heterocycles. The average molecular weight is 340 g/mol. The van der Waals surface area contributed by atoms with Crippen LogP contribution in [0.2, 0.25) is 0 Å². The smallest absolute Gasteiger partial charge is 0.194 e. The van der Waals surface area contributed by atoms with Crippen molar-refractivity contribution in [2.75, 3.05) is 0 Å². The maximum atomic E-state index is 14.0. The number of hydrogen-bond acceptors (Lipinski definition) is 0. The molecule has 0 N–H and O–H groups in total. The van der Waals surface area contributed by atoms with Crippen molar-refractivity contribution in [2.45, 2.75) is 51.6 Å². The Kier molecular flexibility index (Phi) is 4.23. The maximum Gasteiger partial charge on any atom is 0.460 e. The van der Waals surface area contributed by atoms with Gasteiger partial charge in [-0.15, -0.1) is 0 Å². The third kappa shape index (κ3) is 2.23. The Hall–Kier alpha value is -1.15. The lowest BCUT2D eigenvalue weighted by molar-refractivity contribution is -0.390. The number of alkyl halides is 9. The van der Waals surface area contributed by atoms with Crippen LogP contribution in [-0.4, -0.2) is 23.9 Å². The van der Waals surface area contributed by atoms with Crippen molar-refractivity contribution in [2.24, 2.45) is 5.92 Å². The number of allylic oxidation sites excluding steroid dienone is 4. The molecule has 0 saturated carbocycles. The Balaban J connectivity index is 3.49. The van der Waals surface area contributed by atoms with E-state index in [1.165, 1.54) is 13.8 Å². The molecule has 0 nitrogen and oxygen atoms in total. The lowest BCUT2D eigenvalue weighted by Gasteiger charge is -2.36. The van der Waals surface area contributed by atoms with Crippen molar-refractivity contribution in [1.82, 2.24) is 0 Å². The van der Waals surface area contributed by atoms with Crippen LogP contribution in [0.4, 0.5) is 39.5 Å². The van der Waals surface area contributed by atoms with E-state index in [9.17, 15) is 39.5 Å². The minimum absolute atomic E-state index is 0.174. The zero-order valence-corrected chi connectivity index (χ0v) is 12.0. The molecule has 0 spiro atoms. The van der Waals surface area contributed by atoms with Gasteiger partial charge in [-0.3, -0.25) is 0 Å². The molecule has 1 aliphatic rings. The fourth-order valence-corrected chi connectivity index (χ4v) is 2.42. The molecule has 0 bridgehead atoms. The predicted octanol–water partition coefficient (Wildman–Crippen LogP) is 5.76. The van der Waals surface area contributed by atoms with Gasteiger partial charge in [0.2, 0.25) is 0 Å². The second-order valence-corrected chi connectivity index (χ2v) is 5.29. The van der Waals surface area contributed by atoms with Crippen LogP contribution in [-0.2, 0) is 0 Å². The Morgan fingerprint density at radius 1 is 0.682 bits per heavy atom. The van der Waals surface area contributed by atoms with Gasteiger partial charge in [0, 0.05) is 11.5 Å². The van der Waals surface area contributed by atoms with E-state index in [0.29, 0.717) is 0 Å². The van der Waals surface area contributed by atoms with Crippen LogP contribution in [0.3, 0.4) is 0 Å². The molecule has 1 aliphatic carbocycles. The van der Waals surface area contributed by atoms with Gasteiger partial charge in [0.25, 0.3) is 0 Å². The largest absolute Gasteiger partial charge is 0.460 e. The van der Waals surface area contributed by atoms with Gasteiger partial charge in [-0.05, 0) is 31.9 Å². The van der Waals surface area contributed by atoms with Crippen molar-refractivity contribution >= 4 is 0 Å². The predicted molar refractivity (Wildman–Crippen MR) is 61.1 cm³/mol. The molecule has 0 aromatic heterocycles. The normalized spacial score (nSPS) is 22.0. The second kappa shape index (κ2) is 4.92. The summed E-state index contributed by atoms with van der Waals surface area (Å²) >= 11 is 0. The molecule has 22 heavy (non-hydrogen) atoms. The second-order valence-electron chi connectivity index (χ2n) is 5.29. The quantitative estimate of drug-likeness (QED) is 0.573. The summed E-state index contributed by atoms with van der Waals surface area (Å²) in [4.78, 5) is 0. The fourth-order valence-electron chi connectivity index (χ4n) is 2.42. The third-order valence-electron chi connectivity index (χ3n) is 4.12. The van der Waals surface area contributed by atoms with Crippen molar-refractivity contribution in [3.8, 4) is 0 Å². The van der Waals surface area contributed by atoms with Crippen LogP contribution in [0.5, 0.6) is 0 Å². The lowest BCUT2D eigenvalue weighted by Crippen LogP contribution is -2.61. The molecule has 0 fully saturated rings. The Bertz CT molecular complexity index is 534. The van der Waals surface area contributed by atoms with Crippen molar-refractivity contribution in [1.29, 1.82) is 0 Å². The highest BCUT2D eigenvalue weighted by atomic mass is 19.4. The molecule has 9 heteroatoms. The number of hydrogen-bond donors (Lipinski definition) is 0. The SMILES string of the molecule is CC1=C(C)C(C)C(C(F)(F)C(F)(F)C(F)(F)C(F)(F)F)=C1C. The van der Waals surface area contributed by atoms with Crippen LogP contribution in [0.1, 0.15) is 27.7 Å². The Labute approximate surface area is 120 Å². The molecule has 0 aliphatic heterocycles. The van der Waals surface area contributed by atoms with Crippen molar-refractivity contribution in [3.05, 3.63) is 22.3 Å². The molecule has 1 atom stereocenters. The van der Waals surface area contributed by atoms with Gasteiger partial charge in [0.15, 0.2) is 0 Å². The number of halogens is 9. The summed E-state index contributed by atoms with van der Waals surface area (Å²) in [7, 11) is 0. The van der Waals surface area contributed by atoms with E-state index < -0.39 is 41.0 Å². The first-order chi connectivity index (χ1) is 9.51. The van der Waals surface area contributed by atoms with E-state index in [4.69, 9.17) is 0 Å². The fraction of sp³-hybridized carbons (Fsp3) is 0.692. The van der Waals surface area contributed by atoms with Crippen LogP contribution in [0.25, 0.3) is 0 Å². The summed E-state index contributed by atoms with van der Waals surface area (Å²) in [6, 6.07) is 0. The van der Waals surface area contributed by atoms with Crippen molar-refractivity contribution < 1.29 is 39.5 Å². The van der Waals surface area contributed by atoms with Gasteiger partial charge in [0.1, 0.15) is 0 Å². The highest BCUT2D eigenvalue weighted by Gasteiger charge is 2.82. The first kappa shape index (κ1) is 18.9. The minimum atomic E-state index is -6.86. The molecule has 1 rings (SSSR count). The molecular formula is C13H13F9. The van der Waals surface area contributed by atoms with E-state index >= 15 is 0 Å². The van der Waals surface area contributed by atoms with E-state index in [2.05, 4.69) is 0 Å². The van der Waals surface area contributed by atoms with E-state index in [1.807, 2.05) is 0 Å². The highest BCUT2D eigenvalue weighted by molar-refractivity contribution is 5.50. The molecule has 1 unspecified atom stereocenters. The van der Waals surface area contributed by atoms with Gasteiger partial charge in [-0.25, -0.2) is 0 Å². The molecular weight excluding hydrogens is 327 g/mol. The van der Waals surface area contributed by atoms with E-state index in [0.717, 1.165) is 13.8 Å². The molecule has 0 amide bonds. The van der Waals surface area contributed by atoms with Gasteiger partial charge in [-0.1, -0.05) is 12.5 Å². The highest BCUT2D eigenvalue weighted by Crippen LogP contribution is 2.58. The van der Waals surface area contributed by atoms with Gasteiger partial charge in [0.05, 0.1) is 0 Å². The Morgan fingerprint density at radius 3 is 1.36 bits per heavy atom. The lowest BCUT2D eigenvalue weighted by atomic mass is 9.87. The first-order valence-corrected chi connectivity index (χ1v) is 6.11. The van der Waals surface area contributed by atoms with Crippen LogP contribution in [0.15, 0.2) is 22.3 Å². The van der Waals surface area contributed by atoms with Gasteiger partial charge < -0.3 is 0 Å². The Morgan fingerprint density at radius 2 is 1.09 bits per heavy atom. The third-order valence-corrected chi connectivity index (χ3v) is 4.12. The standard InChI is InChI=1S/C13H13F9/c1-5-6(2)8(4)9(7(5)3)10(14,15)11(16,17)12(18,19)13(20,21)22/h7H,1-4H3. The topological polar surface area (TPSA) is 0 Å². The molecule has 0 aromatic carbocycles. The molecule has 128 valence electrons. The van der Waals surface area contributed by atoms with Crippen molar-refractivity contribution in [3.63, 3.8) is 0 Å². The summed E-state index contributed by atoms with van der Waals surface area (Å²) in [6.07, 6.45) is -6.80. The van der Waals surface area contributed by atoms with Gasteiger partial charge >= 0.3 is 23.9 Å². The van der Waals surface area contributed by atoms with Crippen LogP contribution >= 0.6 is 0 Å². The number of rotatable bonds is 3. The maximum absolute atomic E-state index is 14.0. The molecule has 0 radical (unpaired) electrons. The summed E-state index contributed by atoms with van der Waals surface area (Å²) < 4.78 is 117. The summed E-state index contributed by atoms with van der Waals surface area (Å²) in [6.45, 7) is 4.69. The first-order valence-electron chi connectivity index (χ1n) is 6.11. The average Bonchev–Trinajstić information content (AvgIpc) is 2.52.